The molecule has 1 rings (SSSR count). The summed E-state index contributed by atoms with van der Waals surface area (Å²) in [6.07, 6.45) is 0. The average Bonchev–Trinajstić information content (AvgIpc) is 2.17. The normalized spacial score (nSPS) is 12.3. The summed E-state index contributed by atoms with van der Waals surface area (Å²) in [5.74, 6) is 0. The predicted octanol–water partition coefficient (Wildman–Crippen LogP) is 2.27. The van der Waals surface area contributed by atoms with E-state index in [2.05, 4.69) is 45.2 Å². The number of nitrogens with one attached hydrogen (secondary N) is 1. The number of anilines is 2. The fourth-order valence-corrected chi connectivity index (χ4v) is 1.70. The predicted molar refractivity (Wildman–Crippen MR) is 70.6 cm³/mol. The van der Waals surface area contributed by atoms with Crippen LogP contribution in [-0.4, -0.2) is 26.7 Å². The van der Waals surface area contributed by atoms with Gasteiger partial charge in [-0.15, -0.1) is 0 Å². The first-order chi connectivity index (χ1) is 7.04. The van der Waals surface area contributed by atoms with Gasteiger partial charge in [0.05, 0.1) is 11.4 Å². The van der Waals surface area contributed by atoms with Crippen molar-refractivity contribution in [3.05, 3.63) is 22.7 Å². The van der Waals surface area contributed by atoms with Crippen LogP contribution >= 0.6 is 15.9 Å². The van der Waals surface area contributed by atoms with Gasteiger partial charge in [0.1, 0.15) is 0 Å². The van der Waals surface area contributed by atoms with E-state index in [1.165, 1.54) is 5.69 Å². The van der Waals surface area contributed by atoms with Gasteiger partial charge >= 0.3 is 0 Å². The van der Waals surface area contributed by atoms with Crippen LogP contribution in [0, 0.1) is 0 Å². The summed E-state index contributed by atoms with van der Waals surface area (Å²) < 4.78 is 1.07. The van der Waals surface area contributed by atoms with E-state index in [0.717, 1.165) is 10.2 Å². The van der Waals surface area contributed by atoms with Gasteiger partial charge in [-0.2, -0.15) is 0 Å². The standard InChI is InChI=1S/C11H18BrN3/c1-8(7-13)14-10-6-9(12)4-5-11(10)15(2)3/h4-6,8,14H,7,13H2,1-3H3. The lowest BCUT2D eigenvalue weighted by atomic mass is 10.2. The smallest absolute Gasteiger partial charge is 0.0597 e. The molecule has 0 saturated heterocycles. The summed E-state index contributed by atoms with van der Waals surface area (Å²) in [6.45, 7) is 2.69. The molecule has 1 aromatic carbocycles. The molecule has 0 saturated carbocycles. The molecule has 0 aliphatic rings. The van der Waals surface area contributed by atoms with Crippen LogP contribution in [0.3, 0.4) is 0 Å². The van der Waals surface area contributed by atoms with Crippen molar-refractivity contribution < 1.29 is 0 Å². The average molecular weight is 272 g/mol. The van der Waals surface area contributed by atoms with Crippen molar-refractivity contribution in [3.63, 3.8) is 0 Å². The van der Waals surface area contributed by atoms with Gasteiger partial charge < -0.3 is 16.0 Å². The highest BCUT2D eigenvalue weighted by Crippen LogP contribution is 2.28. The topological polar surface area (TPSA) is 41.3 Å². The molecule has 15 heavy (non-hydrogen) atoms. The summed E-state index contributed by atoms with van der Waals surface area (Å²) in [7, 11) is 4.06. The highest BCUT2D eigenvalue weighted by atomic mass is 79.9. The van der Waals surface area contributed by atoms with Crippen LogP contribution in [0.5, 0.6) is 0 Å². The third-order valence-corrected chi connectivity index (χ3v) is 2.69. The second kappa shape index (κ2) is 5.37. The zero-order valence-electron chi connectivity index (χ0n) is 9.42. The van der Waals surface area contributed by atoms with Gasteiger partial charge in [0.15, 0.2) is 0 Å². The first-order valence-electron chi connectivity index (χ1n) is 4.98. The Kier molecular flexibility index (Phi) is 4.42. The summed E-state index contributed by atoms with van der Waals surface area (Å²) in [6, 6.07) is 6.46. The van der Waals surface area contributed by atoms with Crippen molar-refractivity contribution in [2.45, 2.75) is 13.0 Å². The van der Waals surface area contributed by atoms with Crippen LogP contribution in [0.2, 0.25) is 0 Å². The van der Waals surface area contributed by atoms with E-state index in [4.69, 9.17) is 5.73 Å². The molecule has 0 aliphatic carbocycles. The van der Waals surface area contributed by atoms with Crippen molar-refractivity contribution in [3.8, 4) is 0 Å². The Morgan fingerprint density at radius 1 is 1.47 bits per heavy atom. The monoisotopic (exact) mass is 271 g/mol. The van der Waals surface area contributed by atoms with Crippen LogP contribution in [0.1, 0.15) is 6.92 Å². The van der Waals surface area contributed by atoms with Gasteiger partial charge in [0.2, 0.25) is 0 Å². The lowest BCUT2D eigenvalue weighted by Crippen LogP contribution is -2.26. The molecule has 0 aromatic heterocycles. The van der Waals surface area contributed by atoms with Crippen LogP contribution in [0.25, 0.3) is 0 Å². The minimum absolute atomic E-state index is 0.276. The van der Waals surface area contributed by atoms with Crippen molar-refractivity contribution in [2.75, 3.05) is 30.9 Å². The van der Waals surface area contributed by atoms with E-state index in [1.54, 1.807) is 0 Å². The highest BCUT2D eigenvalue weighted by molar-refractivity contribution is 9.10. The third kappa shape index (κ3) is 3.39. The molecule has 84 valence electrons. The largest absolute Gasteiger partial charge is 0.380 e. The van der Waals surface area contributed by atoms with Crippen LogP contribution in [0.4, 0.5) is 11.4 Å². The molecule has 3 N–H and O–H groups in total. The Morgan fingerprint density at radius 3 is 2.67 bits per heavy atom. The Hall–Kier alpha value is -0.740. The van der Waals surface area contributed by atoms with Crippen LogP contribution in [-0.2, 0) is 0 Å². The molecule has 0 bridgehead atoms. The van der Waals surface area contributed by atoms with Crippen LogP contribution < -0.4 is 16.0 Å². The van der Waals surface area contributed by atoms with E-state index in [-0.39, 0.29) is 6.04 Å². The molecule has 1 atom stereocenters. The molecule has 1 aromatic rings. The number of nitrogens with zero attached hydrogens (tertiary/aromatic N) is 1. The van der Waals surface area contributed by atoms with Crippen molar-refractivity contribution in [1.82, 2.24) is 0 Å². The molecular weight excluding hydrogens is 254 g/mol. The number of halogens is 1. The fraction of sp³-hybridized carbons (Fsp3) is 0.455. The van der Waals surface area contributed by atoms with Gasteiger partial charge in [-0.05, 0) is 25.1 Å². The van der Waals surface area contributed by atoms with Crippen molar-refractivity contribution in [1.29, 1.82) is 0 Å². The molecule has 0 fully saturated rings. The fourth-order valence-electron chi connectivity index (χ4n) is 1.34. The first kappa shape index (κ1) is 12.3. The van der Waals surface area contributed by atoms with E-state index in [1.807, 2.05) is 20.2 Å². The van der Waals surface area contributed by atoms with Gasteiger partial charge in [0, 0.05) is 31.2 Å². The molecule has 0 spiro atoms. The second-order valence-corrected chi connectivity index (χ2v) is 4.75. The second-order valence-electron chi connectivity index (χ2n) is 3.84. The van der Waals surface area contributed by atoms with Crippen LogP contribution in [0.15, 0.2) is 22.7 Å². The van der Waals surface area contributed by atoms with Gasteiger partial charge in [-0.25, -0.2) is 0 Å². The lowest BCUT2D eigenvalue weighted by Gasteiger charge is -2.21. The Bertz CT molecular complexity index is 326. The Morgan fingerprint density at radius 2 is 2.13 bits per heavy atom. The molecule has 0 radical (unpaired) electrons. The maximum Gasteiger partial charge on any atom is 0.0597 e. The first-order valence-corrected chi connectivity index (χ1v) is 5.77. The number of nitrogens with two attached hydrogens (primary N) is 1. The molecule has 0 heterocycles. The quantitative estimate of drug-likeness (QED) is 0.883. The van der Waals surface area contributed by atoms with Gasteiger partial charge in [-0.3, -0.25) is 0 Å². The molecule has 1 unspecified atom stereocenters. The van der Waals surface area contributed by atoms with E-state index < -0.39 is 0 Å². The maximum atomic E-state index is 5.60. The molecule has 4 heteroatoms. The number of hydrogen-bond donors (Lipinski definition) is 2. The molecular formula is C11H18BrN3. The minimum Gasteiger partial charge on any atom is -0.380 e. The Labute approximate surface area is 99.8 Å². The minimum atomic E-state index is 0.276. The Balaban J connectivity index is 2.96. The summed E-state index contributed by atoms with van der Waals surface area (Å²) >= 11 is 3.47. The molecule has 0 amide bonds. The van der Waals surface area contributed by atoms with Crippen molar-refractivity contribution >= 4 is 27.3 Å². The van der Waals surface area contributed by atoms with Gasteiger partial charge in [-0.1, -0.05) is 15.9 Å². The van der Waals surface area contributed by atoms with Gasteiger partial charge in [0.25, 0.3) is 0 Å². The molecule has 0 aliphatic heterocycles. The number of hydrogen-bond acceptors (Lipinski definition) is 3. The third-order valence-electron chi connectivity index (χ3n) is 2.20. The number of benzene rings is 1. The summed E-state index contributed by atoms with van der Waals surface area (Å²) in [5, 5.41) is 3.39. The maximum absolute atomic E-state index is 5.60. The summed E-state index contributed by atoms with van der Waals surface area (Å²) in [5.41, 5.74) is 7.87. The lowest BCUT2D eigenvalue weighted by molar-refractivity contribution is 0.803. The van der Waals surface area contributed by atoms with E-state index in [9.17, 15) is 0 Å². The zero-order valence-corrected chi connectivity index (χ0v) is 11.0. The molecule has 3 nitrogen and oxygen atoms in total. The summed E-state index contributed by atoms with van der Waals surface area (Å²) in [4.78, 5) is 2.08. The van der Waals surface area contributed by atoms with E-state index in [0.29, 0.717) is 6.54 Å². The van der Waals surface area contributed by atoms with Crippen molar-refractivity contribution in [2.24, 2.45) is 5.73 Å². The zero-order chi connectivity index (χ0) is 11.4. The number of rotatable bonds is 4. The highest BCUT2D eigenvalue weighted by Gasteiger charge is 2.07. The SMILES string of the molecule is CC(CN)Nc1cc(Br)ccc1N(C)C. The van der Waals surface area contributed by atoms with E-state index >= 15 is 0 Å².